The summed E-state index contributed by atoms with van der Waals surface area (Å²) in [5.74, 6) is -2.42. The average Bonchev–Trinajstić information content (AvgIpc) is 2.17. The van der Waals surface area contributed by atoms with E-state index in [0.717, 1.165) is 0 Å². The van der Waals surface area contributed by atoms with Crippen LogP contribution in [0, 0.1) is 0 Å². The molecule has 0 aliphatic carbocycles. The van der Waals surface area contributed by atoms with Gasteiger partial charge in [0.2, 0.25) is 5.88 Å². The van der Waals surface area contributed by atoms with Gasteiger partial charge in [-0.2, -0.15) is 0 Å². The number of pyridine rings is 1. The van der Waals surface area contributed by atoms with Gasteiger partial charge in [0.25, 0.3) is 6.43 Å². The molecule has 9 heteroatoms. The molecule has 0 spiro atoms. The van der Waals surface area contributed by atoms with Gasteiger partial charge in [-0.25, -0.2) is 13.8 Å². The average molecular weight is 257 g/mol. The third-order valence-electron chi connectivity index (χ3n) is 1.58. The van der Waals surface area contributed by atoms with Gasteiger partial charge in [0, 0.05) is 6.07 Å². The SMILES string of the molecule is O=Cc1cc(OC(F)(F)F)nc(C(F)F)c1O. The summed E-state index contributed by atoms with van der Waals surface area (Å²) < 4.78 is 63.3. The maximum Gasteiger partial charge on any atom is 0.574 e. The Morgan fingerprint density at radius 3 is 2.41 bits per heavy atom. The summed E-state index contributed by atoms with van der Waals surface area (Å²) in [6, 6.07) is 0.404. The second kappa shape index (κ2) is 4.52. The van der Waals surface area contributed by atoms with Crippen LogP contribution >= 0.6 is 0 Å². The fourth-order valence-corrected chi connectivity index (χ4v) is 0.966. The molecule has 1 heterocycles. The first-order valence-corrected chi connectivity index (χ1v) is 3.97. The molecule has 4 nitrogen and oxygen atoms in total. The molecule has 1 aromatic rings. The van der Waals surface area contributed by atoms with Crippen LogP contribution in [0.15, 0.2) is 6.07 Å². The van der Waals surface area contributed by atoms with Crippen molar-refractivity contribution >= 4 is 6.29 Å². The number of rotatable bonds is 3. The first kappa shape index (κ1) is 13.1. The number of hydrogen-bond acceptors (Lipinski definition) is 4. The van der Waals surface area contributed by atoms with Crippen LogP contribution in [0.2, 0.25) is 0 Å². The Kier molecular flexibility index (Phi) is 3.49. The fourth-order valence-electron chi connectivity index (χ4n) is 0.966. The van der Waals surface area contributed by atoms with E-state index in [1.165, 1.54) is 0 Å². The highest BCUT2D eigenvalue weighted by Gasteiger charge is 2.33. The fraction of sp³-hybridized carbons (Fsp3) is 0.250. The van der Waals surface area contributed by atoms with E-state index in [1.54, 1.807) is 0 Å². The van der Waals surface area contributed by atoms with E-state index in [0.29, 0.717) is 6.07 Å². The number of carbonyl (C=O) groups is 1. The monoisotopic (exact) mass is 257 g/mol. The summed E-state index contributed by atoms with van der Waals surface area (Å²) in [6.45, 7) is 0. The van der Waals surface area contributed by atoms with Crippen molar-refractivity contribution in [3.05, 3.63) is 17.3 Å². The number of aromatic nitrogens is 1. The first-order valence-electron chi connectivity index (χ1n) is 3.97. The lowest BCUT2D eigenvalue weighted by atomic mass is 10.2. The zero-order valence-electron chi connectivity index (χ0n) is 7.83. The highest BCUT2D eigenvalue weighted by Crippen LogP contribution is 2.32. The van der Waals surface area contributed by atoms with Gasteiger partial charge in [-0.15, -0.1) is 13.2 Å². The molecule has 1 aromatic heterocycles. The summed E-state index contributed by atoms with van der Waals surface area (Å²) >= 11 is 0. The van der Waals surface area contributed by atoms with Gasteiger partial charge in [-0.3, -0.25) is 4.79 Å². The number of alkyl halides is 5. The lowest BCUT2D eigenvalue weighted by Crippen LogP contribution is -2.18. The molecule has 0 fully saturated rings. The van der Waals surface area contributed by atoms with Gasteiger partial charge in [0.1, 0.15) is 0 Å². The quantitative estimate of drug-likeness (QED) is 0.667. The molecular weight excluding hydrogens is 253 g/mol. The summed E-state index contributed by atoms with van der Waals surface area (Å²) in [4.78, 5) is 13.1. The van der Waals surface area contributed by atoms with Gasteiger partial charge in [0.15, 0.2) is 17.7 Å². The number of carbonyl (C=O) groups excluding carboxylic acids is 1. The zero-order valence-corrected chi connectivity index (χ0v) is 7.83. The number of halogens is 5. The van der Waals surface area contributed by atoms with E-state index in [9.17, 15) is 26.7 Å². The molecule has 0 atom stereocenters. The normalized spacial score (nSPS) is 11.6. The van der Waals surface area contributed by atoms with Crippen molar-refractivity contribution < 1.29 is 36.6 Å². The number of aldehydes is 1. The van der Waals surface area contributed by atoms with Crippen LogP contribution in [-0.4, -0.2) is 22.7 Å². The predicted octanol–water partition coefficient (Wildman–Crippen LogP) is 2.44. The van der Waals surface area contributed by atoms with Crippen molar-refractivity contribution in [1.82, 2.24) is 4.98 Å². The molecule has 0 aliphatic rings. The van der Waals surface area contributed by atoms with Crippen molar-refractivity contribution in [1.29, 1.82) is 0 Å². The predicted molar refractivity (Wildman–Crippen MR) is 42.9 cm³/mol. The Morgan fingerprint density at radius 1 is 1.41 bits per heavy atom. The first-order chi connectivity index (χ1) is 7.74. The lowest BCUT2D eigenvalue weighted by Gasteiger charge is -2.11. The Morgan fingerprint density at radius 2 is 2.00 bits per heavy atom. The van der Waals surface area contributed by atoms with Gasteiger partial charge >= 0.3 is 6.36 Å². The molecule has 0 aromatic carbocycles. The maximum absolute atomic E-state index is 12.3. The number of nitrogens with zero attached hydrogens (tertiary/aromatic N) is 1. The third kappa shape index (κ3) is 3.26. The second-order valence-electron chi connectivity index (χ2n) is 2.75. The van der Waals surface area contributed by atoms with E-state index < -0.39 is 35.7 Å². The van der Waals surface area contributed by atoms with E-state index in [-0.39, 0.29) is 6.29 Å². The van der Waals surface area contributed by atoms with Crippen LogP contribution < -0.4 is 4.74 Å². The van der Waals surface area contributed by atoms with Crippen molar-refractivity contribution in [2.75, 3.05) is 0 Å². The summed E-state index contributed by atoms with van der Waals surface area (Å²) in [6.07, 6.45) is -8.57. The minimum atomic E-state index is -5.14. The molecule has 0 amide bonds. The van der Waals surface area contributed by atoms with Gasteiger partial charge in [0.05, 0.1) is 5.56 Å². The van der Waals surface area contributed by atoms with Crippen molar-refractivity contribution in [2.24, 2.45) is 0 Å². The highest BCUT2D eigenvalue weighted by molar-refractivity contribution is 5.80. The van der Waals surface area contributed by atoms with Gasteiger partial charge in [-0.05, 0) is 0 Å². The van der Waals surface area contributed by atoms with Crippen molar-refractivity contribution in [2.45, 2.75) is 12.8 Å². The smallest absolute Gasteiger partial charge is 0.505 e. The van der Waals surface area contributed by atoms with Crippen LogP contribution in [0.25, 0.3) is 0 Å². The van der Waals surface area contributed by atoms with Gasteiger partial charge in [-0.1, -0.05) is 0 Å². The minimum absolute atomic E-state index is 0.0911. The van der Waals surface area contributed by atoms with Crippen LogP contribution in [0.4, 0.5) is 22.0 Å². The van der Waals surface area contributed by atoms with E-state index in [2.05, 4.69) is 9.72 Å². The molecule has 94 valence electrons. The summed E-state index contributed by atoms with van der Waals surface area (Å²) in [7, 11) is 0. The molecule has 0 saturated heterocycles. The largest absolute Gasteiger partial charge is 0.574 e. The molecule has 1 N–H and O–H groups in total. The Labute approximate surface area is 90.6 Å². The Bertz CT molecular complexity index is 432. The zero-order chi connectivity index (χ0) is 13.2. The third-order valence-corrected chi connectivity index (χ3v) is 1.58. The Balaban J connectivity index is 3.25. The molecule has 0 unspecified atom stereocenters. The van der Waals surface area contributed by atoms with E-state index in [4.69, 9.17) is 5.11 Å². The van der Waals surface area contributed by atoms with Gasteiger partial charge < -0.3 is 9.84 Å². The molecule has 0 saturated carbocycles. The van der Waals surface area contributed by atoms with Crippen LogP contribution in [0.1, 0.15) is 22.5 Å². The minimum Gasteiger partial charge on any atom is -0.505 e. The molecule has 1 rings (SSSR count). The number of aromatic hydroxyl groups is 1. The molecule has 0 bridgehead atoms. The topological polar surface area (TPSA) is 59.4 Å². The number of ether oxygens (including phenoxy) is 1. The van der Waals surface area contributed by atoms with Crippen LogP contribution in [0.3, 0.4) is 0 Å². The second-order valence-corrected chi connectivity index (χ2v) is 2.75. The van der Waals surface area contributed by atoms with Crippen LogP contribution in [0.5, 0.6) is 11.6 Å². The number of hydrogen-bond donors (Lipinski definition) is 1. The van der Waals surface area contributed by atoms with Crippen LogP contribution in [-0.2, 0) is 0 Å². The molecular formula is C8H4F5NO3. The summed E-state index contributed by atoms with van der Waals surface area (Å²) in [5.41, 5.74) is -2.12. The van der Waals surface area contributed by atoms with E-state index in [1.807, 2.05) is 0 Å². The van der Waals surface area contributed by atoms with Crippen molar-refractivity contribution in [3.8, 4) is 11.6 Å². The molecule has 0 radical (unpaired) electrons. The standard InChI is InChI=1S/C8H4F5NO3/c9-7(10)5-6(16)3(2-15)1-4(14-5)17-8(11,12)13/h1-2,7,16H. The van der Waals surface area contributed by atoms with E-state index >= 15 is 0 Å². The lowest BCUT2D eigenvalue weighted by molar-refractivity contribution is -0.276. The highest BCUT2D eigenvalue weighted by atomic mass is 19.4. The molecule has 17 heavy (non-hydrogen) atoms. The van der Waals surface area contributed by atoms with Crippen molar-refractivity contribution in [3.63, 3.8) is 0 Å². The molecule has 0 aliphatic heterocycles. The maximum atomic E-state index is 12.3. The summed E-state index contributed by atoms with van der Waals surface area (Å²) in [5, 5.41) is 9.07. The Hall–Kier alpha value is -1.93.